The molecule has 2 N–H and O–H groups in total. The number of anilines is 2. The van der Waals surface area contributed by atoms with Crippen molar-refractivity contribution >= 4 is 22.7 Å². The van der Waals surface area contributed by atoms with Gasteiger partial charge in [0.1, 0.15) is 5.69 Å². The van der Waals surface area contributed by atoms with Gasteiger partial charge in [-0.3, -0.25) is 5.84 Å². The first-order chi connectivity index (χ1) is 10.1. The van der Waals surface area contributed by atoms with E-state index in [-0.39, 0.29) is 0 Å². The summed E-state index contributed by atoms with van der Waals surface area (Å²) < 4.78 is 14.5. The van der Waals surface area contributed by atoms with Crippen molar-refractivity contribution in [2.24, 2.45) is 0 Å². The van der Waals surface area contributed by atoms with Crippen molar-refractivity contribution in [1.29, 1.82) is 0 Å². The number of hydrogen-bond donors (Lipinski definition) is 1. The number of pyridine rings is 1. The third kappa shape index (κ3) is 2.08. The van der Waals surface area contributed by atoms with Crippen LogP contribution >= 0.6 is 0 Å². The molecular weight excluding hydrogens is 282 g/mol. The molecule has 1 unspecified atom stereocenters. The van der Waals surface area contributed by atoms with Crippen LogP contribution in [0.2, 0.25) is 0 Å². The Balaban J connectivity index is 2.27. The molecule has 2 heterocycles. The van der Waals surface area contributed by atoms with Gasteiger partial charge in [-0.05, 0) is 25.1 Å². The average Bonchev–Trinajstić information content (AvgIpc) is 2.48. The zero-order chi connectivity index (χ0) is 15.1. The van der Waals surface area contributed by atoms with Crippen molar-refractivity contribution in [3.63, 3.8) is 0 Å². The molecule has 0 bridgehead atoms. The summed E-state index contributed by atoms with van der Waals surface area (Å²) in [5.74, 6) is 7.47. The number of nitrogens with two attached hydrogens (primary N) is 1. The van der Waals surface area contributed by atoms with Gasteiger partial charge in [-0.2, -0.15) is 0 Å². The standard InChI is InChI=1S/C16H20N3OS/c1-4-18-13-7-5-6-8-14(13)21(20)15-10-9-12(11(2)3)19(17)16(15)18/h5-11H,4,17H2,1-3H3/q+1. The van der Waals surface area contributed by atoms with E-state index in [0.717, 1.165) is 33.5 Å². The molecule has 1 atom stereocenters. The van der Waals surface area contributed by atoms with E-state index in [0.29, 0.717) is 5.92 Å². The Bertz CT molecular complexity index is 687. The lowest BCUT2D eigenvalue weighted by atomic mass is 10.1. The first-order valence-electron chi connectivity index (χ1n) is 7.18. The van der Waals surface area contributed by atoms with Gasteiger partial charge >= 0.3 is 5.82 Å². The van der Waals surface area contributed by atoms with E-state index in [1.807, 2.05) is 36.4 Å². The molecule has 0 aliphatic carbocycles. The van der Waals surface area contributed by atoms with E-state index in [2.05, 4.69) is 25.7 Å². The minimum Gasteiger partial charge on any atom is -0.606 e. The molecule has 1 aliphatic rings. The fourth-order valence-corrected chi connectivity index (χ4v) is 4.20. The molecule has 1 aromatic heterocycles. The van der Waals surface area contributed by atoms with Crippen molar-refractivity contribution in [2.45, 2.75) is 36.5 Å². The Morgan fingerprint density at radius 1 is 1.19 bits per heavy atom. The molecule has 4 nitrogen and oxygen atoms in total. The highest BCUT2D eigenvalue weighted by molar-refractivity contribution is 7.92. The third-order valence-corrected chi connectivity index (χ3v) is 5.31. The summed E-state index contributed by atoms with van der Waals surface area (Å²) in [6.07, 6.45) is 0. The number of para-hydroxylation sites is 1. The van der Waals surface area contributed by atoms with E-state index in [4.69, 9.17) is 5.84 Å². The summed E-state index contributed by atoms with van der Waals surface area (Å²) in [5, 5.41) is 0. The molecule has 1 aliphatic heterocycles. The van der Waals surface area contributed by atoms with Crippen LogP contribution in [0.25, 0.3) is 0 Å². The summed E-state index contributed by atoms with van der Waals surface area (Å²) in [7, 11) is 0. The molecule has 21 heavy (non-hydrogen) atoms. The molecule has 2 aromatic rings. The molecule has 0 saturated heterocycles. The zero-order valence-corrected chi connectivity index (χ0v) is 13.4. The lowest BCUT2D eigenvalue weighted by molar-refractivity contribution is -0.636. The second kappa shape index (κ2) is 5.24. The summed E-state index contributed by atoms with van der Waals surface area (Å²) in [4.78, 5) is 3.77. The summed E-state index contributed by atoms with van der Waals surface area (Å²) in [6, 6.07) is 11.7. The Kier molecular flexibility index (Phi) is 3.55. The highest BCUT2D eigenvalue weighted by atomic mass is 32.2. The van der Waals surface area contributed by atoms with Crippen LogP contribution in [-0.2, 0) is 11.2 Å². The molecule has 3 rings (SSSR count). The molecule has 0 fully saturated rings. The Morgan fingerprint density at radius 2 is 1.90 bits per heavy atom. The molecule has 0 radical (unpaired) electrons. The van der Waals surface area contributed by atoms with Crippen LogP contribution in [0.3, 0.4) is 0 Å². The van der Waals surface area contributed by atoms with Crippen molar-refractivity contribution < 1.29 is 9.23 Å². The van der Waals surface area contributed by atoms with E-state index in [9.17, 15) is 4.55 Å². The normalized spacial score (nSPS) is 16.8. The lowest BCUT2D eigenvalue weighted by Crippen LogP contribution is -2.54. The topological polar surface area (TPSA) is 56.2 Å². The van der Waals surface area contributed by atoms with Crippen LogP contribution in [0, 0.1) is 0 Å². The molecule has 0 amide bonds. The molecule has 110 valence electrons. The van der Waals surface area contributed by atoms with Gasteiger partial charge in [-0.15, -0.1) is 4.68 Å². The number of hydrogen-bond acceptors (Lipinski definition) is 3. The number of benzene rings is 1. The van der Waals surface area contributed by atoms with Gasteiger partial charge in [0, 0.05) is 23.2 Å². The van der Waals surface area contributed by atoms with Crippen LogP contribution in [0.15, 0.2) is 46.2 Å². The highest BCUT2D eigenvalue weighted by Gasteiger charge is 2.42. The highest BCUT2D eigenvalue weighted by Crippen LogP contribution is 2.42. The Labute approximate surface area is 128 Å². The maximum absolute atomic E-state index is 12.8. The number of nitrogens with zero attached hydrogens (tertiary/aromatic N) is 2. The van der Waals surface area contributed by atoms with E-state index in [1.165, 1.54) is 0 Å². The monoisotopic (exact) mass is 302 g/mol. The fraction of sp³-hybridized carbons (Fsp3) is 0.312. The van der Waals surface area contributed by atoms with Crippen LogP contribution in [0.5, 0.6) is 0 Å². The van der Waals surface area contributed by atoms with Gasteiger partial charge in [0.15, 0.2) is 5.69 Å². The van der Waals surface area contributed by atoms with E-state index < -0.39 is 11.2 Å². The summed E-state index contributed by atoms with van der Waals surface area (Å²) in [5.41, 5.74) is 2.01. The first kappa shape index (κ1) is 14.2. The molecule has 0 saturated carbocycles. The second-order valence-corrected chi connectivity index (χ2v) is 6.87. The van der Waals surface area contributed by atoms with Crippen molar-refractivity contribution in [2.75, 3.05) is 17.3 Å². The smallest absolute Gasteiger partial charge is 0.362 e. The molecular formula is C16H20N3OS+. The quantitative estimate of drug-likeness (QED) is 0.527. The predicted octanol–water partition coefficient (Wildman–Crippen LogP) is 2.45. The van der Waals surface area contributed by atoms with Crippen LogP contribution in [0.4, 0.5) is 11.5 Å². The largest absolute Gasteiger partial charge is 0.606 e. The van der Waals surface area contributed by atoms with Gasteiger partial charge in [0.2, 0.25) is 9.79 Å². The maximum atomic E-state index is 12.8. The number of rotatable bonds is 2. The lowest BCUT2D eigenvalue weighted by Gasteiger charge is -2.26. The minimum atomic E-state index is -1.19. The van der Waals surface area contributed by atoms with Crippen LogP contribution in [-0.4, -0.2) is 11.1 Å². The van der Waals surface area contributed by atoms with Gasteiger partial charge in [-0.25, -0.2) is 4.90 Å². The van der Waals surface area contributed by atoms with Gasteiger partial charge in [0.25, 0.3) is 0 Å². The van der Waals surface area contributed by atoms with Crippen LogP contribution in [0.1, 0.15) is 32.4 Å². The molecule has 1 aromatic carbocycles. The summed E-state index contributed by atoms with van der Waals surface area (Å²) >= 11 is -1.19. The van der Waals surface area contributed by atoms with Gasteiger partial charge in [0.05, 0.1) is 6.54 Å². The number of nitrogen functional groups attached to an aromatic ring is 1. The maximum Gasteiger partial charge on any atom is 0.362 e. The number of fused-ring (bicyclic) bond motifs is 2. The Morgan fingerprint density at radius 3 is 2.57 bits per heavy atom. The average molecular weight is 302 g/mol. The zero-order valence-electron chi connectivity index (χ0n) is 12.5. The Hall–Kier alpha value is -1.72. The van der Waals surface area contributed by atoms with Crippen molar-refractivity contribution in [1.82, 2.24) is 0 Å². The minimum absolute atomic E-state index is 0.310. The van der Waals surface area contributed by atoms with Crippen molar-refractivity contribution in [3.8, 4) is 0 Å². The first-order valence-corrected chi connectivity index (χ1v) is 8.33. The van der Waals surface area contributed by atoms with Crippen LogP contribution < -0.4 is 15.4 Å². The molecule has 0 spiro atoms. The molecule has 5 heteroatoms. The SMILES string of the molecule is CCN1c2ccccc2[S+]([O-])c2ccc(C(C)C)[n+](N)c21. The third-order valence-electron chi connectivity index (χ3n) is 3.85. The summed E-state index contributed by atoms with van der Waals surface area (Å²) in [6.45, 7) is 7.07. The second-order valence-electron chi connectivity index (χ2n) is 5.45. The van der Waals surface area contributed by atoms with Crippen molar-refractivity contribution in [3.05, 3.63) is 42.1 Å². The van der Waals surface area contributed by atoms with Gasteiger partial charge < -0.3 is 4.55 Å². The van der Waals surface area contributed by atoms with E-state index in [1.54, 1.807) is 4.68 Å². The predicted molar refractivity (Wildman–Crippen MR) is 84.7 cm³/mol. The fourth-order valence-electron chi connectivity index (χ4n) is 2.82. The number of aromatic nitrogens is 1. The van der Waals surface area contributed by atoms with Gasteiger partial charge in [-0.1, -0.05) is 26.0 Å². The van der Waals surface area contributed by atoms with E-state index >= 15 is 0 Å².